The third kappa shape index (κ3) is 2.52. The molecular weight excluding hydrogens is 230 g/mol. The summed E-state index contributed by atoms with van der Waals surface area (Å²) in [5.74, 6) is 0.788. The van der Waals surface area contributed by atoms with E-state index in [2.05, 4.69) is 0 Å². The number of likely N-dealkylation sites (tertiary alicyclic amines) is 1. The van der Waals surface area contributed by atoms with Gasteiger partial charge in [-0.25, -0.2) is 0 Å². The predicted molar refractivity (Wildman–Crippen MR) is 63.5 cm³/mol. The molecular formula is C11H14ClNOS. The maximum atomic E-state index is 12.0. The summed E-state index contributed by atoms with van der Waals surface area (Å²) in [5.41, 5.74) is 0. The Morgan fingerprint density at radius 1 is 1.67 bits per heavy atom. The van der Waals surface area contributed by atoms with E-state index in [0.29, 0.717) is 12.3 Å². The lowest BCUT2D eigenvalue weighted by molar-refractivity contribution is -0.130. The minimum absolute atomic E-state index is 0.223. The van der Waals surface area contributed by atoms with Crippen LogP contribution in [0.5, 0.6) is 0 Å². The van der Waals surface area contributed by atoms with Crippen LogP contribution < -0.4 is 0 Å². The number of carbonyl (C=O) groups is 1. The van der Waals surface area contributed by atoms with Gasteiger partial charge in [0, 0.05) is 23.3 Å². The minimum Gasteiger partial charge on any atom is -0.338 e. The number of thiophene rings is 1. The van der Waals surface area contributed by atoms with Crippen LogP contribution in [0, 0.1) is 0 Å². The summed E-state index contributed by atoms with van der Waals surface area (Å²) in [7, 11) is 0. The van der Waals surface area contributed by atoms with Crippen molar-refractivity contribution < 1.29 is 4.79 Å². The van der Waals surface area contributed by atoms with E-state index in [9.17, 15) is 4.79 Å². The molecule has 82 valence electrons. The average Bonchev–Trinajstić information content (AvgIpc) is 2.86. The maximum absolute atomic E-state index is 12.0. The largest absolute Gasteiger partial charge is 0.338 e. The van der Waals surface area contributed by atoms with Gasteiger partial charge in [-0.15, -0.1) is 22.9 Å². The van der Waals surface area contributed by atoms with Crippen LogP contribution >= 0.6 is 22.9 Å². The highest BCUT2D eigenvalue weighted by Gasteiger charge is 2.27. The Hall–Kier alpha value is -0.540. The lowest BCUT2D eigenvalue weighted by atomic mass is 10.2. The Bertz CT molecular complexity index is 325. The van der Waals surface area contributed by atoms with Crippen molar-refractivity contribution in [3.63, 3.8) is 0 Å². The first-order chi connectivity index (χ1) is 7.31. The molecule has 0 spiro atoms. The number of rotatable bonds is 3. The Labute approximate surface area is 98.8 Å². The van der Waals surface area contributed by atoms with Crippen LogP contribution in [0.3, 0.4) is 0 Å². The van der Waals surface area contributed by atoms with Gasteiger partial charge < -0.3 is 4.90 Å². The van der Waals surface area contributed by atoms with Crippen molar-refractivity contribution in [1.29, 1.82) is 0 Å². The second-order valence-corrected chi connectivity index (χ2v) is 5.13. The van der Waals surface area contributed by atoms with Crippen LogP contribution in [0.2, 0.25) is 0 Å². The van der Waals surface area contributed by atoms with E-state index in [-0.39, 0.29) is 11.9 Å². The summed E-state index contributed by atoms with van der Waals surface area (Å²) < 4.78 is 0. The summed E-state index contributed by atoms with van der Waals surface area (Å²) in [6.45, 7) is 0.877. The van der Waals surface area contributed by atoms with Crippen LogP contribution in [0.15, 0.2) is 17.5 Å². The monoisotopic (exact) mass is 243 g/mol. The zero-order valence-corrected chi connectivity index (χ0v) is 10.1. The third-order valence-corrected chi connectivity index (χ3v) is 4.01. The molecule has 0 saturated carbocycles. The van der Waals surface area contributed by atoms with Crippen molar-refractivity contribution in [2.75, 3.05) is 12.4 Å². The second kappa shape index (κ2) is 4.99. The van der Waals surface area contributed by atoms with Crippen molar-refractivity contribution in [2.45, 2.75) is 25.3 Å². The maximum Gasteiger partial charge on any atom is 0.228 e. The van der Waals surface area contributed by atoms with E-state index in [1.807, 2.05) is 22.4 Å². The van der Waals surface area contributed by atoms with E-state index in [1.165, 1.54) is 0 Å². The van der Waals surface area contributed by atoms with E-state index in [0.717, 1.165) is 24.3 Å². The molecule has 1 atom stereocenters. The molecule has 0 bridgehead atoms. The number of halogens is 1. The molecule has 1 saturated heterocycles. The number of hydrogen-bond acceptors (Lipinski definition) is 2. The Kier molecular flexibility index (Phi) is 3.65. The van der Waals surface area contributed by atoms with Crippen molar-refractivity contribution in [3.8, 4) is 0 Å². The van der Waals surface area contributed by atoms with Gasteiger partial charge in [0.2, 0.25) is 5.91 Å². The highest BCUT2D eigenvalue weighted by atomic mass is 35.5. The molecule has 0 N–H and O–H groups in total. The number of nitrogens with zero attached hydrogens (tertiary/aromatic N) is 1. The molecule has 1 aliphatic rings. The van der Waals surface area contributed by atoms with Gasteiger partial charge in [0.25, 0.3) is 0 Å². The molecule has 2 rings (SSSR count). The number of alkyl halides is 1. The molecule has 1 fully saturated rings. The summed E-state index contributed by atoms with van der Waals surface area (Å²) >= 11 is 7.48. The number of carbonyl (C=O) groups excluding carboxylic acids is 1. The van der Waals surface area contributed by atoms with E-state index >= 15 is 0 Å². The van der Waals surface area contributed by atoms with Gasteiger partial charge in [0.1, 0.15) is 0 Å². The standard InChI is InChI=1S/C11H14ClNOS/c12-8-9-3-1-5-13(9)11(14)7-10-4-2-6-15-10/h2,4,6,9H,1,3,5,7-8H2/t9-/m0/s1. The molecule has 0 unspecified atom stereocenters. The molecule has 2 heterocycles. The zero-order chi connectivity index (χ0) is 10.7. The van der Waals surface area contributed by atoms with E-state index < -0.39 is 0 Å². The molecule has 0 radical (unpaired) electrons. The van der Waals surface area contributed by atoms with Crippen LogP contribution in [0.25, 0.3) is 0 Å². The topological polar surface area (TPSA) is 20.3 Å². The van der Waals surface area contributed by atoms with Crippen molar-refractivity contribution >= 4 is 28.8 Å². The van der Waals surface area contributed by atoms with Gasteiger partial charge in [-0.1, -0.05) is 6.07 Å². The third-order valence-electron chi connectivity index (χ3n) is 2.78. The Morgan fingerprint density at radius 3 is 3.20 bits per heavy atom. The molecule has 1 aromatic rings. The van der Waals surface area contributed by atoms with Crippen molar-refractivity contribution in [2.24, 2.45) is 0 Å². The van der Waals surface area contributed by atoms with Crippen LogP contribution in [0.1, 0.15) is 17.7 Å². The first-order valence-electron chi connectivity index (χ1n) is 5.19. The summed E-state index contributed by atoms with van der Waals surface area (Å²) in [6.07, 6.45) is 2.68. The molecule has 0 aromatic carbocycles. The van der Waals surface area contributed by atoms with Crippen molar-refractivity contribution in [1.82, 2.24) is 4.90 Å². The van der Waals surface area contributed by atoms with Gasteiger partial charge >= 0.3 is 0 Å². The lowest BCUT2D eigenvalue weighted by Crippen LogP contribution is -2.37. The second-order valence-electron chi connectivity index (χ2n) is 3.79. The fourth-order valence-electron chi connectivity index (χ4n) is 1.99. The van der Waals surface area contributed by atoms with Gasteiger partial charge in [-0.3, -0.25) is 4.79 Å². The smallest absolute Gasteiger partial charge is 0.228 e. The Morgan fingerprint density at radius 2 is 2.53 bits per heavy atom. The van der Waals surface area contributed by atoms with Gasteiger partial charge in [-0.2, -0.15) is 0 Å². The number of hydrogen-bond donors (Lipinski definition) is 0. The normalized spacial score (nSPS) is 20.9. The molecule has 1 aliphatic heterocycles. The SMILES string of the molecule is O=C(Cc1cccs1)N1CCC[C@H]1CCl. The van der Waals surface area contributed by atoms with Gasteiger partial charge in [0.15, 0.2) is 0 Å². The Balaban J connectivity index is 1.96. The minimum atomic E-state index is 0.223. The van der Waals surface area contributed by atoms with Gasteiger partial charge in [0.05, 0.1) is 6.42 Å². The van der Waals surface area contributed by atoms with E-state index in [4.69, 9.17) is 11.6 Å². The van der Waals surface area contributed by atoms with E-state index in [1.54, 1.807) is 11.3 Å². The highest BCUT2D eigenvalue weighted by Crippen LogP contribution is 2.20. The fourth-order valence-corrected chi connectivity index (χ4v) is 3.00. The molecule has 1 amide bonds. The first kappa shape index (κ1) is 11.0. The summed E-state index contributed by atoms with van der Waals surface area (Å²) in [4.78, 5) is 15.0. The fraction of sp³-hybridized carbons (Fsp3) is 0.545. The summed E-state index contributed by atoms with van der Waals surface area (Å²) in [5, 5.41) is 2.01. The van der Waals surface area contributed by atoms with Gasteiger partial charge in [-0.05, 0) is 24.3 Å². The van der Waals surface area contributed by atoms with Crippen LogP contribution in [0.4, 0.5) is 0 Å². The summed E-state index contributed by atoms with van der Waals surface area (Å²) in [6, 6.07) is 4.25. The number of amides is 1. The molecule has 15 heavy (non-hydrogen) atoms. The highest BCUT2D eigenvalue weighted by molar-refractivity contribution is 7.10. The van der Waals surface area contributed by atoms with Crippen molar-refractivity contribution in [3.05, 3.63) is 22.4 Å². The average molecular weight is 244 g/mol. The zero-order valence-electron chi connectivity index (χ0n) is 8.49. The first-order valence-corrected chi connectivity index (χ1v) is 6.60. The quantitative estimate of drug-likeness (QED) is 0.748. The molecule has 2 nitrogen and oxygen atoms in total. The molecule has 0 aliphatic carbocycles. The predicted octanol–water partition coefficient (Wildman–Crippen LogP) is 2.52. The van der Waals surface area contributed by atoms with Crippen LogP contribution in [-0.2, 0) is 11.2 Å². The molecule has 1 aromatic heterocycles. The van der Waals surface area contributed by atoms with Crippen LogP contribution in [-0.4, -0.2) is 29.3 Å². The lowest BCUT2D eigenvalue weighted by Gasteiger charge is -2.22. The molecule has 4 heteroatoms.